The molecule has 0 saturated carbocycles. The molecule has 0 amide bonds. The molecular formula is C10H12N2S2. The highest BCUT2D eigenvalue weighted by Crippen LogP contribution is 2.40. The number of hydrogen-bond acceptors (Lipinski definition) is 3. The van der Waals surface area contributed by atoms with Gasteiger partial charge in [0, 0.05) is 22.3 Å². The molecule has 1 atom stereocenters. The van der Waals surface area contributed by atoms with Crippen LogP contribution >= 0.6 is 23.5 Å². The van der Waals surface area contributed by atoms with Crippen molar-refractivity contribution in [3.8, 4) is 0 Å². The lowest BCUT2D eigenvalue weighted by atomic mass is 10.0. The fraction of sp³-hybridized carbons (Fsp3) is 0.300. The van der Waals surface area contributed by atoms with Crippen molar-refractivity contribution in [2.75, 3.05) is 11.5 Å². The van der Waals surface area contributed by atoms with Crippen molar-refractivity contribution in [3.63, 3.8) is 0 Å². The first kappa shape index (κ1) is 9.93. The monoisotopic (exact) mass is 224 g/mol. The minimum absolute atomic E-state index is 0.222. The minimum atomic E-state index is 0.222. The van der Waals surface area contributed by atoms with Gasteiger partial charge in [0.15, 0.2) is 5.17 Å². The van der Waals surface area contributed by atoms with Crippen LogP contribution in [0.1, 0.15) is 11.5 Å². The molecule has 1 aliphatic heterocycles. The number of hydrogen-bond donors (Lipinski definition) is 2. The van der Waals surface area contributed by atoms with Gasteiger partial charge < -0.3 is 5.73 Å². The van der Waals surface area contributed by atoms with Gasteiger partial charge in [0.25, 0.3) is 0 Å². The summed E-state index contributed by atoms with van der Waals surface area (Å²) in [5.41, 5.74) is 6.75. The summed E-state index contributed by atoms with van der Waals surface area (Å²) in [6, 6.07) is 8.50. The Morgan fingerprint density at radius 2 is 2.36 bits per heavy atom. The molecule has 0 aliphatic carbocycles. The van der Waals surface area contributed by atoms with Crippen molar-refractivity contribution in [1.82, 2.24) is 0 Å². The summed E-state index contributed by atoms with van der Waals surface area (Å²) in [4.78, 5) is 1.39. The first-order valence-electron chi connectivity index (χ1n) is 4.46. The van der Waals surface area contributed by atoms with E-state index in [1.165, 1.54) is 22.2 Å². The van der Waals surface area contributed by atoms with Gasteiger partial charge in [-0.1, -0.05) is 30.0 Å². The number of benzene rings is 1. The van der Waals surface area contributed by atoms with E-state index in [4.69, 9.17) is 11.1 Å². The molecule has 0 fully saturated rings. The van der Waals surface area contributed by atoms with Gasteiger partial charge in [0.05, 0.1) is 0 Å². The molecule has 1 unspecified atom stereocenters. The highest BCUT2D eigenvalue weighted by atomic mass is 32.2. The van der Waals surface area contributed by atoms with E-state index in [-0.39, 0.29) is 5.17 Å². The molecule has 74 valence electrons. The van der Waals surface area contributed by atoms with E-state index < -0.39 is 0 Å². The van der Waals surface area contributed by atoms with Gasteiger partial charge in [0.1, 0.15) is 0 Å². The van der Waals surface area contributed by atoms with Crippen LogP contribution in [0.3, 0.4) is 0 Å². The van der Waals surface area contributed by atoms with Crippen molar-refractivity contribution in [3.05, 3.63) is 29.8 Å². The third kappa shape index (κ3) is 2.07. The molecule has 1 aromatic rings. The van der Waals surface area contributed by atoms with Crippen molar-refractivity contribution in [2.24, 2.45) is 5.73 Å². The second kappa shape index (κ2) is 4.28. The van der Waals surface area contributed by atoms with Gasteiger partial charge in [-0.3, -0.25) is 5.41 Å². The van der Waals surface area contributed by atoms with Crippen LogP contribution in [0.2, 0.25) is 0 Å². The van der Waals surface area contributed by atoms with Crippen molar-refractivity contribution in [1.29, 1.82) is 5.41 Å². The Bertz CT molecular complexity index is 352. The van der Waals surface area contributed by atoms with E-state index in [0.29, 0.717) is 5.92 Å². The molecule has 0 spiro atoms. The predicted molar refractivity (Wildman–Crippen MR) is 64.3 cm³/mol. The maximum Gasteiger partial charge on any atom is 0.151 e. The molecule has 14 heavy (non-hydrogen) atoms. The Hall–Kier alpha value is -0.610. The van der Waals surface area contributed by atoms with Crippen LogP contribution in [0.5, 0.6) is 0 Å². The van der Waals surface area contributed by atoms with Crippen molar-refractivity contribution >= 4 is 28.7 Å². The average molecular weight is 224 g/mol. The quantitative estimate of drug-likeness (QED) is 0.599. The summed E-state index contributed by atoms with van der Waals surface area (Å²) < 4.78 is 0. The van der Waals surface area contributed by atoms with E-state index in [1.54, 1.807) is 0 Å². The standard InChI is InChI=1S/C10H12N2S2/c11-10(12)14-6-7-5-13-9-4-2-1-3-8(7)9/h1-4,7H,5-6H2,(H3,11,12). The van der Waals surface area contributed by atoms with Crippen molar-refractivity contribution in [2.45, 2.75) is 10.8 Å². The number of thioether (sulfide) groups is 2. The van der Waals surface area contributed by atoms with Gasteiger partial charge in [0.2, 0.25) is 0 Å². The Morgan fingerprint density at radius 3 is 3.14 bits per heavy atom. The molecule has 2 rings (SSSR count). The molecule has 0 bridgehead atoms. The van der Waals surface area contributed by atoms with Gasteiger partial charge in [-0.05, 0) is 11.6 Å². The lowest BCUT2D eigenvalue weighted by molar-refractivity contribution is 0.898. The molecule has 2 nitrogen and oxygen atoms in total. The molecule has 1 aromatic carbocycles. The Morgan fingerprint density at radius 1 is 1.57 bits per heavy atom. The molecule has 0 aromatic heterocycles. The SMILES string of the molecule is N=C(N)SCC1CSc2ccccc21. The number of nitrogens with two attached hydrogens (primary N) is 1. The third-order valence-corrected chi connectivity index (χ3v) is 4.37. The smallest absolute Gasteiger partial charge is 0.151 e. The first-order chi connectivity index (χ1) is 6.77. The van der Waals surface area contributed by atoms with Crippen LogP contribution in [-0.4, -0.2) is 16.7 Å². The summed E-state index contributed by atoms with van der Waals surface area (Å²) in [5.74, 6) is 2.61. The number of amidine groups is 1. The van der Waals surface area contributed by atoms with Crippen LogP contribution < -0.4 is 5.73 Å². The topological polar surface area (TPSA) is 49.9 Å². The molecule has 3 N–H and O–H groups in total. The van der Waals surface area contributed by atoms with Gasteiger partial charge in [-0.25, -0.2) is 0 Å². The predicted octanol–water partition coefficient (Wildman–Crippen LogP) is 2.50. The van der Waals surface area contributed by atoms with E-state index in [1.807, 2.05) is 11.8 Å². The van der Waals surface area contributed by atoms with E-state index in [9.17, 15) is 0 Å². The number of rotatable bonds is 2. The van der Waals surface area contributed by atoms with Crippen LogP contribution in [0.25, 0.3) is 0 Å². The Labute approximate surface area is 92.2 Å². The van der Waals surface area contributed by atoms with Crippen LogP contribution in [-0.2, 0) is 0 Å². The van der Waals surface area contributed by atoms with Crippen LogP contribution in [0, 0.1) is 5.41 Å². The lowest BCUT2D eigenvalue weighted by Gasteiger charge is -2.08. The Kier molecular flexibility index (Phi) is 3.03. The van der Waals surface area contributed by atoms with E-state index >= 15 is 0 Å². The fourth-order valence-electron chi connectivity index (χ4n) is 1.56. The molecular weight excluding hydrogens is 212 g/mol. The number of fused-ring (bicyclic) bond motifs is 1. The van der Waals surface area contributed by atoms with Gasteiger partial charge >= 0.3 is 0 Å². The van der Waals surface area contributed by atoms with E-state index in [2.05, 4.69) is 24.3 Å². The highest BCUT2D eigenvalue weighted by molar-refractivity contribution is 8.13. The van der Waals surface area contributed by atoms with Crippen molar-refractivity contribution < 1.29 is 0 Å². The maximum absolute atomic E-state index is 7.18. The second-order valence-corrected chi connectivity index (χ2v) is 5.34. The number of nitrogens with one attached hydrogen (secondary N) is 1. The molecule has 1 heterocycles. The third-order valence-electron chi connectivity index (χ3n) is 2.24. The first-order valence-corrected chi connectivity index (χ1v) is 6.43. The minimum Gasteiger partial charge on any atom is -0.379 e. The summed E-state index contributed by atoms with van der Waals surface area (Å²) >= 11 is 3.34. The van der Waals surface area contributed by atoms with Crippen LogP contribution in [0.4, 0.5) is 0 Å². The second-order valence-electron chi connectivity index (χ2n) is 3.22. The van der Waals surface area contributed by atoms with Gasteiger partial charge in [-0.15, -0.1) is 11.8 Å². The zero-order chi connectivity index (χ0) is 9.97. The maximum atomic E-state index is 7.18. The normalized spacial score (nSPS) is 19.3. The molecule has 0 saturated heterocycles. The molecule has 1 aliphatic rings. The van der Waals surface area contributed by atoms with Gasteiger partial charge in [-0.2, -0.15) is 0 Å². The summed E-state index contributed by atoms with van der Waals surface area (Å²) in [7, 11) is 0. The largest absolute Gasteiger partial charge is 0.379 e. The lowest BCUT2D eigenvalue weighted by Crippen LogP contribution is -2.09. The zero-order valence-electron chi connectivity index (χ0n) is 7.69. The average Bonchev–Trinajstić information content (AvgIpc) is 2.58. The zero-order valence-corrected chi connectivity index (χ0v) is 9.33. The van der Waals surface area contributed by atoms with E-state index in [0.717, 1.165) is 11.5 Å². The summed E-state index contributed by atoms with van der Waals surface area (Å²) in [6.07, 6.45) is 0. The Balaban J connectivity index is 2.07. The molecule has 0 radical (unpaired) electrons. The van der Waals surface area contributed by atoms with Crippen LogP contribution in [0.15, 0.2) is 29.2 Å². The highest BCUT2D eigenvalue weighted by Gasteiger charge is 2.22. The summed E-state index contributed by atoms with van der Waals surface area (Å²) in [6.45, 7) is 0. The fourth-order valence-corrected chi connectivity index (χ4v) is 3.64. The summed E-state index contributed by atoms with van der Waals surface area (Å²) in [5, 5.41) is 7.40. The molecule has 4 heteroatoms.